The smallest absolute Gasteiger partial charge is 0.419 e. The molecule has 3 heterocycles. The number of carbonyl (C=O) groups is 1. The molecule has 1 atom stereocenters. The van der Waals surface area contributed by atoms with E-state index in [2.05, 4.69) is 34.9 Å². The van der Waals surface area contributed by atoms with Gasteiger partial charge in [-0.2, -0.15) is 13.2 Å². The largest absolute Gasteiger partial charge is 0.444 e. The monoisotopic (exact) mass is 639 g/mol. The summed E-state index contributed by atoms with van der Waals surface area (Å²) in [6, 6.07) is 6.16. The van der Waals surface area contributed by atoms with Gasteiger partial charge in [0.1, 0.15) is 17.9 Å². The number of hydrogen-bond donors (Lipinski definition) is 1. The second-order valence-electron chi connectivity index (χ2n) is 13.2. The molecule has 43 heavy (non-hydrogen) atoms. The van der Waals surface area contributed by atoms with Crippen molar-refractivity contribution in [2.45, 2.75) is 89.7 Å². The minimum absolute atomic E-state index is 0.0590. The van der Waals surface area contributed by atoms with Gasteiger partial charge in [-0.1, -0.05) is 31.8 Å². The van der Waals surface area contributed by atoms with Crippen molar-refractivity contribution in [3.05, 3.63) is 41.7 Å². The third kappa shape index (κ3) is 8.85. The molecule has 1 aliphatic rings. The minimum atomic E-state index is -4.68. The number of anilines is 1. The van der Waals surface area contributed by atoms with Crippen molar-refractivity contribution in [3.8, 4) is 11.3 Å². The molecule has 1 aromatic carbocycles. The van der Waals surface area contributed by atoms with Crippen LogP contribution in [0.3, 0.4) is 0 Å². The molecular weight excluding hydrogens is 599 g/mol. The summed E-state index contributed by atoms with van der Waals surface area (Å²) in [5.74, 6) is 0.327. The van der Waals surface area contributed by atoms with Crippen molar-refractivity contribution in [2.24, 2.45) is 0 Å². The number of piperidine rings is 1. The van der Waals surface area contributed by atoms with Crippen LogP contribution in [-0.2, 0) is 28.3 Å². The van der Waals surface area contributed by atoms with Gasteiger partial charge in [-0.3, -0.25) is 0 Å². The van der Waals surface area contributed by atoms with Crippen LogP contribution >= 0.6 is 11.6 Å². The van der Waals surface area contributed by atoms with Gasteiger partial charge < -0.3 is 24.3 Å². The van der Waals surface area contributed by atoms with Crippen molar-refractivity contribution in [1.29, 1.82) is 0 Å². The van der Waals surface area contributed by atoms with Crippen LogP contribution in [0.4, 0.5) is 23.9 Å². The zero-order valence-electron chi connectivity index (χ0n) is 25.6. The van der Waals surface area contributed by atoms with Gasteiger partial charge in [0.2, 0.25) is 5.95 Å². The molecule has 1 amide bonds. The highest BCUT2D eigenvalue weighted by atomic mass is 35.5. The lowest BCUT2D eigenvalue weighted by Crippen LogP contribution is -2.47. The van der Waals surface area contributed by atoms with Crippen LogP contribution in [0.1, 0.15) is 44.7 Å². The number of hydrogen-bond acceptors (Lipinski definition) is 6. The standard InChI is InChI=1S/C30H41ClF3N5O3Si/c1-29(2,3)42-28(40)38-11-7-8-21(17-38)36-27-35-16-24(30(32,33)34)26(37-27)23-18-39(19-41-12-13-43(4,5)6)25-14-20(15-31)9-10-22(23)25/h9-10,14,16,18,21H,7-8,11-13,15,17,19H2,1-6H3,(H,35,36,37)/t21-/m0/s1. The molecule has 4 rings (SSSR count). The predicted octanol–water partition coefficient (Wildman–Crippen LogP) is 7.98. The minimum Gasteiger partial charge on any atom is -0.444 e. The van der Waals surface area contributed by atoms with E-state index in [1.165, 1.54) is 0 Å². The van der Waals surface area contributed by atoms with Crippen molar-refractivity contribution in [3.63, 3.8) is 0 Å². The molecule has 0 saturated carbocycles. The van der Waals surface area contributed by atoms with Gasteiger partial charge in [-0.25, -0.2) is 14.8 Å². The molecular formula is C30H41ClF3N5O3Si. The van der Waals surface area contributed by atoms with Crippen LogP contribution in [0.5, 0.6) is 0 Å². The highest BCUT2D eigenvalue weighted by molar-refractivity contribution is 6.76. The van der Waals surface area contributed by atoms with Gasteiger partial charge in [0.15, 0.2) is 0 Å². The number of amides is 1. The Morgan fingerprint density at radius 2 is 1.95 bits per heavy atom. The van der Waals surface area contributed by atoms with Crippen molar-refractivity contribution >= 4 is 42.6 Å². The molecule has 0 bridgehead atoms. The summed E-state index contributed by atoms with van der Waals surface area (Å²) >= 11 is 6.09. The number of nitrogens with one attached hydrogen (secondary N) is 1. The molecule has 0 spiro atoms. The van der Waals surface area contributed by atoms with Gasteiger partial charge in [0.05, 0.1) is 11.2 Å². The summed E-state index contributed by atoms with van der Waals surface area (Å²) in [7, 11) is -1.32. The van der Waals surface area contributed by atoms with E-state index in [0.29, 0.717) is 49.0 Å². The first-order valence-corrected chi connectivity index (χ1v) is 18.7. The number of halogens is 4. The number of nitrogens with zero attached hydrogens (tertiary/aromatic N) is 4. The predicted molar refractivity (Wildman–Crippen MR) is 166 cm³/mol. The zero-order valence-corrected chi connectivity index (χ0v) is 27.4. The molecule has 0 radical (unpaired) electrons. The average molecular weight is 640 g/mol. The quantitative estimate of drug-likeness (QED) is 0.145. The topological polar surface area (TPSA) is 81.5 Å². The van der Waals surface area contributed by atoms with Crippen LogP contribution in [0.2, 0.25) is 25.7 Å². The number of aromatic nitrogens is 3. The summed E-state index contributed by atoms with van der Waals surface area (Å²) in [5.41, 5.74) is 0.0809. The lowest BCUT2D eigenvalue weighted by Gasteiger charge is -2.34. The fourth-order valence-electron chi connectivity index (χ4n) is 4.89. The maximum Gasteiger partial charge on any atom is 0.419 e. The Balaban J connectivity index is 1.67. The molecule has 1 fully saturated rings. The first-order chi connectivity index (χ1) is 20.0. The SMILES string of the molecule is CC(C)(C)OC(=O)N1CCC[C@H](Nc2ncc(C(F)(F)F)c(-c3cn(COCC[Si](C)(C)C)c4cc(CCl)ccc34)n2)C1. The van der Waals surface area contributed by atoms with E-state index in [1.54, 1.807) is 48.6 Å². The third-order valence-corrected chi connectivity index (χ3v) is 9.10. The number of likely N-dealkylation sites (tertiary alicyclic amines) is 1. The van der Waals surface area contributed by atoms with E-state index >= 15 is 0 Å². The van der Waals surface area contributed by atoms with E-state index in [4.69, 9.17) is 21.1 Å². The lowest BCUT2D eigenvalue weighted by atomic mass is 10.0. The first-order valence-electron chi connectivity index (χ1n) is 14.5. The van der Waals surface area contributed by atoms with Crippen LogP contribution in [0, 0.1) is 0 Å². The zero-order chi connectivity index (χ0) is 31.6. The third-order valence-electron chi connectivity index (χ3n) is 7.08. The van der Waals surface area contributed by atoms with Crippen LogP contribution in [0.15, 0.2) is 30.6 Å². The molecule has 0 unspecified atom stereocenters. The normalized spacial score (nSPS) is 16.5. The Kier molecular flexibility index (Phi) is 10.0. The van der Waals surface area contributed by atoms with E-state index in [9.17, 15) is 18.0 Å². The number of benzene rings is 1. The fourth-order valence-corrected chi connectivity index (χ4v) is 5.81. The Morgan fingerprint density at radius 1 is 1.21 bits per heavy atom. The van der Waals surface area contributed by atoms with E-state index in [-0.39, 0.29) is 30.3 Å². The summed E-state index contributed by atoms with van der Waals surface area (Å²) in [6.45, 7) is 13.8. The summed E-state index contributed by atoms with van der Waals surface area (Å²) in [4.78, 5) is 22.7. The molecule has 13 heteroatoms. The Hall–Kier alpha value is -2.83. The average Bonchev–Trinajstić information content (AvgIpc) is 3.26. The van der Waals surface area contributed by atoms with Gasteiger partial charge in [0.25, 0.3) is 0 Å². The van der Waals surface area contributed by atoms with E-state index in [0.717, 1.165) is 17.8 Å². The van der Waals surface area contributed by atoms with Crippen molar-refractivity contribution in [1.82, 2.24) is 19.4 Å². The van der Waals surface area contributed by atoms with Gasteiger partial charge in [-0.05, 0) is 51.3 Å². The molecule has 1 saturated heterocycles. The highest BCUT2D eigenvalue weighted by Crippen LogP contribution is 2.40. The molecule has 0 aliphatic carbocycles. The van der Waals surface area contributed by atoms with Crippen molar-refractivity contribution < 1.29 is 27.4 Å². The number of rotatable bonds is 9. The molecule has 1 aliphatic heterocycles. The molecule has 1 N–H and O–H groups in total. The second kappa shape index (κ2) is 13.0. The Bertz CT molecular complexity index is 1440. The summed E-state index contributed by atoms with van der Waals surface area (Å²) in [6.07, 6.45) is -1.22. The number of ether oxygens (including phenoxy) is 2. The highest BCUT2D eigenvalue weighted by Gasteiger charge is 2.37. The molecule has 2 aromatic heterocycles. The van der Waals surface area contributed by atoms with E-state index in [1.807, 2.05) is 6.07 Å². The first kappa shape index (κ1) is 33.1. The van der Waals surface area contributed by atoms with Gasteiger partial charge in [-0.15, -0.1) is 11.6 Å². The van der Waals surface area contributed by atoms with Gasteiger partial charge >= 0.3 is 12.3 Å². The van der Waals surface area contributed by atoms with E-state index < -0.39 is 31.5 Å². The van der Waals surface area contributed by atoms with Crippen molar-refractivity contribution in [2.75, 3.05) is 25.0 Å². The maximum absolute atomic E-state index is 14.3. The van der Waals surface area contributed by atoms with Crippen LogP contribution in [0.25, 0.3) is 22.2 Å². The maximum atomic E-state index is 14.3. The fraction of sp³-hybridized carbons (Fsp3) is 0.567. The summed E-state index contributed by atoms with van der Waals surface area (Å²) in [5, 5.41) is 3.77. The number of carbonyl (C=O) groups excluding carboxylic acids is 1. The van der Waals surface area contributed by atoms with Crippen LogP contribution in [-0.4, -0.2) is 64.9 Å². The van der Waals surface area contributed by atoms with Crippen LogP contribution < -0.4 is 5.32 Å². The number of fused-ring (bicyclic) bond motifs is 1. The Morgan fingerprint density at radius 3 is 2.60 bits per heavy atom. The second-order valence-corrected chi connectivity index (χ2v) is 19.1. The van der Waals surface area contributed by atoms with Gasteiger partial charge in [0, 0.05) is 63.0 Å². The molecule has 8 nitrogen and oxygen atoms in total. The lowest BCUT2D eigenvalue weighted by molar-refractivity contribution is -0.137. The Labute approximate surface area is 256 Å². The molecule has 3 aromatic rings. The summed E-state index contributed by atoms with van der Waals surface area (Å²) < 4.78 is 56.1. The molecule has 236 valence electrons. The number of alkyl halides is 4.